The molecule has 0 N–H and O–H groups in total. The smallest absolute Gasteiger partial charge is 0.152 e. The zero-order chi connectivity index (χ0) is 14.8. The highest BCUT2D eigenvalue weighted by Gasteiger charge is 2.11. The fourth-order valence-electron chi connectivity index (χ4n) is 2.67. The molecule has 0 radical (unpaired) electrons. The van der Waals surface area contributed by atoms with Gasteiger partial charge in [0, 0.05) is 23.8 Å². The summed E-state index contributed by atoms with van der Waals surface area (Å²) in [5.41, 5.74) is 5.04. The molecule has 3 nitrogen and oxygen atoms in total. The van der Waals surface area contributed by atoms with E-state index in [2.05, 4.69) is 47.7 Å². The molecular formula is C18H18N2O. The van der Waals surface area contributed by atoms with E-state index in [1.807, 2.05) is 30.5 Å². The lowest BCUT2D eigenvalue weighted by atomic mass is 10.1. The largest absolute Gasteiger partial charge is 0.316 e. The topological polar surface area (TPSA) is 24.7 Å². The molecule has 2 aromatic heterocycles. The highest BCUT2D eigenvalue weighted by atomic mass is 16.1. The van der Waals surface area contributed by atoms with Crippen LogP contribution in [0.1, 0.15) is 15.9 Å². The standard InChI is InChI=1S/C18H18N2O/c1-19(2)12-14-6-8-15(9-7-14)18-16(13-21)11-17-5-3-4-10-20(17)18/h3-11,13H,12H2,1-2H3. The predicted octanol–water partition coefficient (Wildman–Crippen LogP) is 3.48. The van der Waals surface area contributed by atoms with Crippen LogP contribution in [0.2, 0.25) is 0 Å². The number of hydrogen-bond donors (Lipinski definition) is 0. The van der Waals surface area contributed by atoms with Crippen LogP contribution in [0.5, 0.6) is 0 Å². The third-order valence-corrected chi connectivity index (χ3v) is 3.56. The number of benzene rings is 1. The first-order valence-electron chi connectivity index (χ1n) is 6.98. The van der Waals surface area contributed by atoms with E-state index < -0.39 is 0 Å². The summed E-state index contributed by atoms with van der Waals surface area (Å²) in [7, 11) is 4.11. The second-order valence-electron chi connectivity index (χ2n) is 5.50. The van der Waals surface area contributed by atoms with Gasteiger partial charge in [-0.2, -0.15) is 0 Å². The Morgan fingerprint density at radius 2 is 1.86 bits per heavy atom. The number of pyridine rings is 1. The van der Waals surface area contributed by atoms with Crippen molar-refractivity contribution in [3.05, 3.63) is 65.9 Å². The van der Waals surface area contributed by atoms with E-state index in [0.29, 0.717) is 0 Å². The Bertz CT molecular complexity index is 770. The molecule has 0 bridgehead atoms. The summed E-state index contributed by atoms with van der Waals surface area (Å²) < 4.78 is 2.06. The van der Waals surface area contributed by atoms with Crippen LogP contribution >= 0.6 is 0 Å². The summed E-state index contributed by atoms with van der Waals surface area (Å²) in [6.45, 7) is 0.912. The number of fused-ring (bicyclic) bond motifs is 1. The van der Waals surface area contributed by atoms with E-state index in [9.17, 15) is 4.79 Å². The Kier molecular flexibility index (Phi) is 3.59. The van der Waals surface area contributed by atoms with Gasteiger partial charge >= 0.3 is 0 Å². The first-order valence-corrected chi connectivity index (χ1v) is 6.98. The first-order chi connectivity index (χ1) is 10.2. The van der Waals surface area contributed by atoms with E-state index in [0.717, 1.165) is 35.2 Å². The number of carbonyl (C=O) groups is 1. The molecule has 3 rings (SSSR count). The highest BCUT2D eigenvalue weighted by Crippen LogP contribution is 2.27. The number of nitrogens with zero attached hydrogens (tertiary/aromatic N) is 2. The molecular weight excluding hydrogens is 260 g/mol. The molecule has 21 heavy (non-hydrogen) atoms. The van der Waals surface area contributed by atoms with Gasteiger partial charge in [-0.1, -0.05) is 30.3 Å². The Hall–Kier alpha value is -2.39. The lowest BCUT2D eigenvalue weighted by Gasteiger charge is -2.10. The third-order valence-electron chi connectivity index (χ3n) is 3.56. The fraction of sp³-hybridized carbons (Fsp3) is 0.167. The lowest BCUT2D eigenvalue weighted by Crippen LogP contribution is -2.10. The molecule has 106 valence electrons. The average Bonchev–Trinajstić information content (AvgIpc) is 2.86. The van der Waals surface area contributed by atoms with Crippen LogP contribution in [-0.2, 0) is 6.54 Å². The van der Waals surface area contributed by atoms with E-state index in [4.69, 9.17) is 0 Å². The van der Waals surface area contributed by atoms with Gasteiger partial charge in [0.15, 0.2) is 6.29 Å². The average molecular weight is 278 g/mol. The second-order valence-corrected chi connectivity index (χ2v) is 5.50. The van der Waals surface area contributed by atoms with E-state index in [1.165, 1.54) is 5.56 Å². The van der Waals surface area contributed by atoms with Crippen LogP contribution in [0.3, 0.4) is 0 Å². The zero-order valence-corrected chi connectivity index (χ0v) is 12.3. The van der Waals surface area contributed by atoms with E-state index in [1.54, 1.807) is 0 Å². The minimum Gasteiger partial charge on any atom is -0.316 e. The number of aldehydes is 1. The number of hydrogen-bond acceptors (Lipinski definition) is 2. The van der Waals surface area contributed by atoms with E-state index >= 15 is 0 Å². The quantitative estimate of drug-likeness (QED) is 0.682. The van der Waals surface area contributed by atoms with Gasteiger partial charge in [-0.05, 0) is 43.4 Å². The summed E-state index contributed by atoms with van der Waals surface area (Å²) in [5.74, 6) is 0. The fourth-order valence-corrected chi connectivity index (χ4v) is 2.67. The monoisotopic (exact) mass is 278 g/mol. The molecule has 0 saturated carbocycles. The van der Waals surface area contributed by atoms with Crippen molar-refractivity contribution < 1.29 is 4.79 Å². The predicted molar refractivity (Wildman–Crippen MR) is 85.6 cm³/mol. The third kappa shape index (κ3) is 2.60. The van der Waals surface area contributed by atoms with Crippen molar-refractivity contribution >= 4 is 11.8 Å². The van der Waals surface area contributed by atoms with Crippen LogP contribution < -0.4 is 0 Å². The summed E-state index contributed by atoms with van der Waals surface area (Å²) in [6, 6.07) is 16.3. The van der Waals surface area contributed by atoms with Crippen LogP contribution in [-0.4, -0.2) is 29.7 Å². The summed E-state index contributed by atoms with van der Waals surface area (Å²) in [6.07, 6.45) is 2.92. The van der Waals surface area contributed by atoms with Gasteiger partial charge < -0.3 is 9.30 Å². The summed E-state index contributed by atoms with van der Waals surface area (Å²) in [5, 5.41) is 0. The lowest BCUT2D eigenvalue weighted by molar-refractivity contribution is 0.112. The molecule has 0 unspecified atom stereocenters. The maximum atomic E-state index is 11.4. The molecule has 0 atom stereocenters. The van der Waals surface area contributed by atoms with Gasteiger partial charge in [0.05, 0.1) is 5.69 Å². The molecule has 0 aliphatic heterocycles. The molecule has 0 fully saturated rings. The molecule has 0 aliphatic carbocycles. The Labute approximate surface area is 124 Å². The van der Waals surface area contributed by atoms with Crippen molar-refractivity contribution in [2.24, 2.45) is 0 Å². The zero-order valence-electron chi connectivity index (χ0n) is 12.3. The van der Waals surface area contributed by atoms with Gasteiger partial charge in [-0.25, -0.2) is 0 Å². The van der Waals surface area contributed by atoms with Gasteiger partial charge in [-0.3, -0.25) is 4.79 Å². The molecule has 2 heterocycles. The highest BCUT2D eigenvalue weighted by molar-refractivity contribution is 5.90. The van der Waals surface area contributed by atoms with Gasteiger partial charge in [0.1, 0.15) is 0 Å². The summed E-state index contributed by atoms with van der Waals surface area (Å²) in [4.78, 5) is 13.5. The minimum absolute atomic E-state index is 0.724. The number of rotatable bonds is 4. The maximum Gasteiger partial charge on any atom is 0.152 e. The number of aromatic nitrogens is 1. The summed E-state index contributed by atoms with van der Waals surface area (Å²) >= 11 is 0. The Balaban J connectivity index is 2.09. The molecule has 3 aromatic rings. The molecule has 0 saturated heterocycles. The van der Waals surface area contributed by atoms with Crippen molar-refractivity contribution in [3.8, 4) is 11.3 Å². The SMILES string of the molecule is CN(C)Cc1ccc(-c2c(C=O)cc3ccccn23)cc1. The van der Waals surface area contributed by atoms with Crippen LogP contribution in [0.4, 0.5) is 0 Å². The minimum atomic E-state index is 0.724. The second kappa shape index (κ2) is 5.54. The molecule has 0 spiro atoms. The van der Waals surface area contributed by atoms with Crippen LogP contribution in [0.25, 0.3) is 16.8 Å². The molecule has 0 amide bonds. The molecule has 3 heteroatoms. The number of carbonyl (C=O) groups excluding carboxylic acids is 1. The van der Waals surface area contributed by atoms with Crippen molar-refractivity contribution in [2.75, 3.05) is 14.1 Å². The first kappa shape index (κ1) is 13.6. The normalized spacial score (nSPS) is 11.2. The van der Waals surface area contributed by atoms with Gasteiger partial charge in [0.25, 0.3) is 0 Å². The van der Waals surface area contributed by atoms with Gasteiger partial charge in [-0.15, -0.1) is 0 Å². The molecule has 0 aliphatic rings. The van der Waals surface area contributed by atoms with Crippen LogP contribution in [0, 0.1) is 0 Å². The maximum absolute atomic E-state index is 11.4. The Morgan fingerprint density at radius 3 is 2.52 bits per heavy atom. The molecule has 1 aromatic carbocycles. The van der Waals surface area contributed by atoms with Gasteiger partial charge in [0.2, 0.25) is 0 Å². The Morgan fingerprint density at radius 1 is 1.10 bits per heavy atom. The van der Waals surface area contributed by atoms with Crippen molar-refractivity contribution in [3.63, 3.8) is 0 Å². The van der Waals surface area contributed by atoms with Crippen molar-refractivity contribution in [1.82, 2.24) is 9.30 Å². The van der Waals surface area contributed by atoms with Crippen molar-refractivity contribution in [1.29, 1.82) is 0 Å². The van der Waals surface area contributed by atoms with Crippen molar-refractivity contribution in [2.45, 2.75) is 6.54 Å². The van der Waals surface area contributed by atoms with E-state index in [-0.39, 0.29) is 0 Å². The van der Waals surface area contributed by atoms with Crippen LogP contribution in [0.15, 0.2) is 54.7 Å².